The topological polar surface area (TPSA) is 105 Å². The second-order valence-corrected chi connectivity index (χ2v) is 6.49. The first-order chi connectivity index (χ1) is 12.0. The maximum Gasteiger partial charge on any atom is 0.405 e. The van der Waals surface area contributed by atoms with E-state index in [-0.39, 0.29) is 5.92 Å². The van der Waals surface area contributed by atoms with Gasteiger partial charge >= 0.3 is 18.2 Å². The summed E-state index contributed by atoms with van der Waals surface area (Å²) in [6, 6.07) is -0.720. The molecule has 146 valence electrons. The third-order valence-corrected chi connectivity index (χ3v) is 4.64. The maximum absolute atomic E-state index is 12.6. The number of nitrogens with one attached hydrogen (secondary N) is 2. The molecule has 1 heterocycles. The summed E-state index contributed by atoms with van der Waals surface area (Å²) < 4.78 is 40.4. The van der Waals surface area contributed by atoms with Crippen LogP contribution in [0.3, 0.4) is 0 Å². The number of nitrogens with zero attached hydrogens (tertiary/aromatic N) is 1. The van der Waals surface area contributed by atoms with E-state index in [9.17, 15) is 32.3 Å². The highest BCUT2D eigenvalue weighted by Crippen LogP contribution is 2.38. The second-order valence-electron chi connectivity index (χ2n) is 6.49. The Hall–Kier alpha value is -2.33. The summed E-state index contributed by atoms with van der Waals surface area (Å²) >= 11 is 0. The number of carbonyl (C=O) groups excluding carboxylic acids is 4. The van der Waals surface area contributed by atoms with Crippen LogP contribution < -0.4 is 10.6 Å². The number of hydrogen-bond donors (Lipinski definition) is 2. The van der Waals surface area contributed by atoms with Gasteiger partial charge in [0, 0.05) is 0 Å². The van der Waals surface area contributed by atoms with Crippen molar-refractivity contribution in [3.05, 3.63) is 0 Å². The first-order valence-corrected chi connectivity index (χ1v) is 8.18. The van der Waals surface area contributed by atoms with Gasteiger partial charge in [-0.2, -0.15) is 13.2 Å². The number of halogens is 3. The van der Waals surface area contributed by atoms with Crippen molar-refractivity contribution < 1.29 is 37.1 Å². The molecule has 0 bridgehead atoms. The third kappa shape index (κ3) is 4.44. The molecule has 11 heteroatoms. The predicted molar refractivity (Wildman–Crippen MR) is 80.6 cm³/mol. The van der Waals surface area contributed by atoms with E-state index < -0.39 is 55.2 Å². The van der Waals surface area contributed by atoms with Crippen molar-refractivity contribution in [3.63, 3.8) is 0 Å². The molecule has 1 saturated heterocycles. The normalized spacial score (nSPS) is 26.0. The van der Waals surface area contributed by atoms with Crippen molar-refractivity contribution in [3.8, 4) is 0 Å². The number of rotatable bonds is 5. The van der Waals surface area contributed by atoms with Gasteiger partial charge in [0.25, 0.3) is 11.8 Å². The average molecular weight is 379 g/mol. The lowest BCUT2D eigenvalue weighted by atomic mass is 9.73. The Morgan fingerprint density at radius 2 is 2.04 bits per heavy atom. The molecular formula is C15H20F3N3O5. The molecule has 2 atom stereocenters. The van der Waals surface area contributed by atoms with Crippen LogP contribution in [-0.4, -0.2) is 60.1 Å². The molecule has 0 aromatic heterocycles. The summed E-state index contributed by atoms with van der Waals surface area (Å²) in [5.41, 5.74) is -1.03. The molecule has 1 spiro atoms. The van der Waals surface area contributed by atoms with Crippen LogP contribution in [0.4, 0.5) is 18.0 Å². The monoisotopic (exact) mass is 379 g/mol. The largest absolute Gasteiger partial charge is 0.454 e. The minimum atomic E-state index is -4.58. The van der Waals surface area contributed by atoms with Crippen LogP contribution >= 0.6 is 0 Å². The molecule has 2 N–H and O–H groups in total. The first kappa shape index (κ1) is 20.0. The summed E-state index contributed by atoms with van der Waals surface area (Å²) in [5.74, 6) is -2.79. The zero-order valence-electron chi connectivity index (χ0n) is 14.1. The fourth-order valence-electron chi connectivity index (χ4n) is 3.21. The predicted octanol–water partition coefficient (Wildman–Crippen LogP) is 0.709. The first-order valence-electron chi connectivity index (χ1n) is 8.18. The number of imide groups is 1. The van der Waals surface area contributed by atoms with E-state index >= 15 is 0 Å². The molecule has 26 heavy (non-hydrogen) atoms. The number of ether oxygens (including phenoxy) is 1. The Morgan fingerprint density at radius 3 is 2.65 bits per heavy atom. The Morgan fingerprint density at radius 1 is 1.35 bits per heavy atom. The number of hydrogen-bond acceptors (Lipinski definition) is 5. The van der Waals surface area contributed by atoms with E-state index in [0.717, 1.165) is 24.2 Å². The molecule has 4 amide bonds. The molecule has 1 aliphatic carbocycles. The molecule has 2 rings (SSSR count). The summed E-state index contributed by atoms with van der Waals surface area (Å²) in [6.07, 6.45) is -1.62. The third-order valence-electron chi connectivity index (χ3n) is 4.64. The highest BCUT2D eigenvalue weighted by molar-refractivity contribution is 6.09. The fraction of sp³-hybridized carbons (Fsp3) is 0.733. The molecule has 0 aromatic carbocycles. The maximum atomic E-state index is 12.6. The number of alkyl halides is 3. The van der Waals surface area contributed by atoms with Gasteiger partial charge in [-0.05, 0) is 18.8 Å². The highest BCUT2D eigenvalue weighted by atomic mass is 19.4. The molecule has 2 fully saturated rings. The molecule has 0 unspecified atom stereocenters. The van der Waals surface area contributed by atoms with Gasteiger partial charge in [-0.3, -0.25) is 19.3 Å². The van der Waals surface area contributed by atoms with Crippen LogP contribution in [0.2, 0.25) is 0 Å². The minimum absolute atomic E-state index is 0.0816. The summed E-state index contributed by atoms with van der Waals surface area (Å²) in [6.45, 7) is -1.33. The van der Waals surface area contributed by atoms with Gasteiger partial charge in [-0.15, -0.1) is 0 Å². The minimum Gasteiger partial charge on any atom is -0.454 e. The SMILES string of the molecule is C[C@@H]1CCCC[C@]12NC(=O)N(CC(=O)OCC(=O)NCC(F)(F)F)C2=O. The van der Waals surface area contributed by atoms with E-state index in [2.05, 4.69) is 10.1 Å². The number of esters is 1. The molecule has 1 aliphatic heterocycles. The van der Waals surface area contributed by atoms with Crippen molar-refractivity contribution in [2.75, 3.05) is 19.7 Å². The smallest absolute Gasteiger partial charge is 0.405 e. The van der Waals surface area contributed by atoms with Crippen molar-refractivity contribution >= 4 is 23.8 Å². The molecule has 8 nitrogen and oxygen atoms in total. The van der Waals surface area contributed by atoms with Crippen LogP contribution in [-0.2, 0) is 19.1 Å². The second kappa shape index (κ2) is 7.50. The molecule has 0 aromatic rings. The van der Waals surface area contributed by atoms with Crippen LogP contribution in [0.1, 0.15) is 32.6 Å². The lowest BCUT2D eigenvalue weighted by Gasteiger charge is -2.36. The van der Waals surface area contributed by atoms with Gasteiger partial charge in [-0.25, -0.2) is 4.79 Å². The number of amides is 4. The van der Waals surface area contributed by atoms with Crippen LogP contribution in [0.5, 0.6) is 0 Å². The van der Waals surface area contributed by atoms with Crippen molar-refractivity contribution in [2.45, 2.75) is 44.3 Å². The van der Waals surface area contributed by atoms with Crippen molar-refractivity contribution in [1.29, 1.82) is 0 Å². The van der Waals surface area contributed by atoms with Gasteiger partial charge in [0.2, 0.25) is 0 Å². The number of urea groups is 1. The van der Waals surface area contributed by atoms with Gasteiger partial charge in [0.05, 0.1) is 0 Å². The van der Waals surface area contributed by atoms with E-state index in [1.54, 1.807) is 5.32 Å². The molecule has 0 radical (unpaired) electrons. The van der Waals surface area contributed by atoms with Gasteiger partial charge in [0.1, 0.15) is 18.6 Å². The molecule has 2 aliphatic rings. The highest BCUT2D eigenvalue weighted by Gasteiger charge is 2.55. The summed E-state index contributed by atoms with van der Waals surface area (Å²) in [7, 11) is 0. The van der Waals surface area contributed by atoms with E-state index in [1.807, 2.05) is 6.92 Å². The van der Waals surface area contributed by atoms with Crippen LogP contribution in [0.25, 0.3) is 0 Å². The van der Waals surface area contributed by atoms with E-state index in [4.69, 9.17) is 0 Å². The Bertz CT molecular complexity index is 610. The zero-order valence-corrected chi connectivity index (χ0v) is 14.1. The average Bonchev–Trinajstić information content (AvgIpc) is 2.78. The summed E-state index contributed by atoms with van der Waals surface area (Å²) in [4.78, 5) is 48.4. The van der Waals surface area contributed by atoms with Crippen molar-refractivity contribution in [1.82, 2.24) is 15.5 Å². The Kier molecular flexibility index (Phi) is 5.77. The number of carbonyl (C=O) groups is 4. The van der Waals surface area contributed by atoms with Gasteiger partial charge < -0.3 is 15.4 Å². The lowest BCUT2D eigenvalue weighted by Crippen LogP contribution is -2.54. The quantitative estimate of drug-likeness (QED) is 0.541. The Labute approximate surface area is 147 Å². The zero-order chi connectivity index (χ0) is 19.5. The summed E-state index contributed by atoms with van der Waals surface area (Å²) in [5, 5.41) is 4.19. The van der Waals surface area contributed by atoms with Gasteiger partial charge in [-0.1, -0.05) is 19.8 Å². The van der Waals surface area contributed by atoms with Gasteiger partial charge in [0.15, 0.2) is 6.61 Å². The molecule has 1 saturated carbocycles. The standard InChI is InChI=1S/C15H20F3N3O5/c1-9-4-2-3-5-14(9)12(24)21(13(25)20-14)6-11(23)26-7-10(22)19-8-15(16,17)18/h9H,2-8H2,1H3,(H,19,22)(H,20,25)/t9-,14+/m1/s1. The fourth-order valence-corrected chi connectivity index (χ4v) is 3.21. The van der Waals surface area contributed by atoms with E-state index in [0.29, 0.717) is 6.42 Å². The van der Waals surface area contributed by atoms with E-state index in [1.165, 1.54) is 0 Å². The molecular weight excluding hydrogens is 359 g/mol. The van der Waals surface area contributed by atoms with Crippen molar-refractivity contribution in [2.24, 2.45) is 5.92 Å². The lowest BCUT2D eigenvalue weighted by molar-refractivity contribution is -0.153. The van der Waals surface area contributed by atoms with Crippen LogP contribution in [0.15, 0.2) is 0 Å². The van der Waals surface area contributed by atoms with Crippen LogP contribution in [0, 0.1) is 5.92 Å². The Balaban J connectivity index is 1.86.